The van der Waals surface area contributed by atoms with E-state index in [1.807, 2.05) is 6.07 Å². The van der Waals surface area contributed by atoms with Crippen LogP contribution in [-0.2, 0) is 0 Å². The summed E-state index contributed by atoms with van der Waals surface area (Å²) in [7, 11) is 1.74. The van der Waals surface area contributed by atoms with Crippen LogP contribution in [0.1, 0.15) is 45.0 Å². The molecule has 3 heteroatoms. The molecule has 0 aliphatic rings. The molecule has 1 unspecified atom stereocenters. The Bertz CT molecular complexity index is 314. The van der Waals surface area contributed by atoms with Gasteiger partial charge in [0.1, 0.15) is 5.75 Å². The molecule has 0 spiro atoms. The quantitative estimate of drug-likeness (QED) is 0.845. The monoisotopic (exact) mass is 241 g/mol. The number of rotatable bonds is 5. The predicted octanol–water partition coefficient (Wildman–Crippen LogP) is 3.84. The van der Waals surface area contributed by atoms with Crippen LogP contribution in [0, 0.1) is 5.41 Å². The predicted molar refractivity (Wildman–Crippen MR) is 71.4 cm³/mol. The summed E-state index contributed by atoms with van der Waals surface area (Å²) in [5.74, 6) is 1.01. The molecule has 1 aromatic rings. The van der Waals surface area contributed by atoms with Crippen LogP contribution < -0.4 is 10.1 Å². The Kier molecular flexibility index (Phi) is 4.81. The van der Waals surface area contributed by atoms with Gasteiger partial charge in [0, 0.05) is 0 Å². The summed E-state index contributed by atoms with van der Waals surface area (Å²) in [5.41, 5.74) is 0.202. The Morgan fingerprint density at radius 3 is 2.62 bits per heavy atom. The number of methoxy groups -OCH3 is 1. The highest BCUT2D eigenvalue weighted by molar-refractivity contribution is 7.10. The van der Waals surface area contributed by atoms with E-state index < -0.39 is 0 Å². The van der Waals surface area contributed by atoms with E-state index in [1.165, 1.54) is 4.88 Å². The first kappa shape index (κ1) is 13.5. The molecule has 2 nitrogen and oxygen atoms in total. The van der Waals surface area contributed by atoms with E-state index in [4.69, 9.17) is 4.74 Å². The second kappa shape index (κ2) is 5.69. The molecular weight excluding hydrogens is 218 g/mol. The summed E-state index contributed by atoms with van der Waals surface area (Å²) in [5, 5.41) is 5.71. The van der Waals surface area contributed by atoms with Crippen LogP contribution in [0.15, 0.2) is 11.4 Å². The molecule has 1 heterocycles. The molecule has 0 amide bonds. The molecule has 0 saturated carbocycles. The van der Waals surface area contributed by atoms with Crippen LogP contribution in [0.3, 0.4) is 0 Å². The topological polar surface area (TPSA) is 21.3 Å². The molecular formula is C13H23NOS. The second-order valence-corrected chi connectivity index (χ2v) is 6.05. The van der Waals surface area contributed by atoms with E-state index in [-0.39, 0.29) is 5.41 Å². The fourth-order valence-electron chi connectivity index (χ4n) is 1.77. The third-order valence-corrected chi connectivity index (χ3v) is 3.57. The lowest BCUT2D eigenvalue weighted by molar-refractivity contribution is 0.270. The Labute approximate surface area is 103 Å². The van der Waals surface area contributed by atoms with Gasteiger partial charge < -0.3 is 10.1 Å². The van der Waals surface area contributed by atoms with Gasteiger partial charge in [0.15, 0.2) is 0 Å². The summed E-state index contributed by atoms with van der Waals surface area (Å²) in [6.07, 6.45) is 1.15. The van der Waals surface area contributed by atoms with Crippen LogP contribution in [0.4, 0.5) is 0 Å². The van der Waals surface area contributed by atoms with Gasteiger partial charge >= 0.3 is 0 Å². The minimum atomic E-state index is 0.202. The van der Waals surface area contributed by atoms with Crippen molar-refractivity contribution in [2.24, 2.45) is 5.41 Å². The zero-order valence-electron chi connectivity index (χ0n) is 11.0. The van der Waals surface area contributed by atoms with Crippen LogP contribution in [-0.4, -0.2) is 13.7 Å². The van der Waals surface area contributed by atoms with E-state index >= 15 is 0 Å². The van der Waals surface area contributed by atoms with Crippen molar-refractivity contribution in [3.63, 3.8) is 0 Å². The van der Waals surface area contributed by atoms with Gasteiger partial charge in [-0.25, -0.2) is 0 Å². The first-order valence-electron chi connectivity index (χ1n) is 5.85. The molecule has 0 radical (unpaired) electrons. The van der Waals surface area contributed by atoms with Crippen molar-refractivity contribution in [1.29, 1.82) is 0 Å². The minimum absolute atomic E-state index is 0.202. The van der Waals surface area contributed by atoms with Crippen LogP contribution in [0.2, 0.25) is 0 Å². The zero-order chi connectivity index (χ0) is 12.2. The summed E-state index contributed by atoms with van der Waals surface area (Å²) in [4.78, 5) is 1.31. The van der Waals surface area contributed by atoms with E-state index in [2.05, 4.69) is 38.4 Å². The van der Waals surface area contributed by atoms with Gasteiger partial charge in [0.25, 0.3) is 0 Å². The van der Waals surface area contributed by atoms with Crippen molar-refractivity contribution in [1.82, 2.24) is 5.32 Å². The maximum Gasteiger partial charge on any atom is 0.134 e. The molecule has 16 heavy (non-hydrogen) atoms. The van der Waals surface area contributed by atoms with E-state index in [0.29, 0.717) is 6.04 Å². The van der Waals surface area contributed by atoms with E-state index in [0.717, 1.165) is 18.7 Å². The van der Waals surface area contributed by atoms with Gasteiger partial charge in [-0.3, -0.25) is 0 Å². The van der Waals surface area contributed by atoms with Gasteiger partial charge in [-0.1, -0.05) is 27.7 Å². The molecule has 1 rings (SSSR count). The van der Waals surface area contributed by atoms with Gasteiger partial charge in [-0.2, -0.15) is 0 Å². The van der Waals surface area contributed by atoms with Crippen molar-refractivity contribution >= 4 is 11.3 Å². The SMILES string of the molecule is CCCNC(c1sccc1OC)C(C)(C)C. The number of thiophene rings is 1. The zero-order valence-corrected chi connectivity index (χ0v) is 11.8. The molecule has 0 aliphatic carbocycles. The summed E-state index contributed by atoms with van der Waals surface area (Å²) in [6, 6.07) is 2.41. The number of ether oxygens (including phenoxy) is 1. The summed E-state index contributed by atoms with van der Waals surface area (Å²) < 4.78 is 5.41. The van der Waals surface area contributed by atoms with Gasteiger partial charge in [0.05, 0.1) is 18.0 Å². The maximum atomic E-state index is 5.41. The highest BCUT2D eigenvalue weighted by atomic mass is 32.1. The Morgan fingerprint density at radius 2 is 2.12 bits per heavy atom. The molecule has 0 aromatic carbocycles. The molecule has 1 aromatic heterocycles. The second-order valence-electron chi connectivity index (χ2n) is 5.11. The lowest BCUT2D eigenvalue weighted by Gasteiger charge is -2.31. The van der Waals surface area contributed by atoms with Crippen molar-refractivity contribution in [3.8, 4) is 5.75 Å². The Balaban J connectivity index is 2.92. The molecule has 1 atom stereocenters. The normalized spacial score (nSPS) is 13.8. The first-order chi connectivity index (χ1) is 7.50. The van der Waals surface area contributed by atoms with Crippen molar-refractivity contribution < 1.29 is 4.74 Å². The minimum Gasteiger partial charge on any atom is -0.496 e. The smallest absolute Gasteiger partial charge is 0.134 e. The third-order valence-electron chi connectivity index (χ3n) is 2.60. The third kappa shape index (κ3) is 3.22. The van der Waals surface area contributed by atoms with Crippen molar-refractivity contribution in [3.05, 3.63) is 16.3 Å². The molecule has 0 saturated heterocycles. The summed E-state index contributed by atoms with van der Waals surface area (Å²) in [6.45, 7) is 10.0. The molecule has 1 N–H and O–H groups in total. The number of hydrogen-bond acceptors (Lipinski definition) is 3. The van der Waals surface area contributed by atoms with Crippen LogP contribution in [0.25, 0.3) is 0 Å². The molecule has 0 aliphatic heterocycles. The number of nitrogens with one attached hydrogen (secondary N) is 1. The fraction of sp³-hybridized carbons (Fsp3) is 0.692. The number of hydrogen-bond donors (Lipinski definition) is 1. The largest absolute Gasteiger partial charge is 0.496 e. The standard InChI is InChI=1S/C13H23NOS/c1-6-8-14-12(13(2,3)4)11-10(15-5)7-9-16-11/h7,9,12,14H,6,8H2,1-5H3. The molecule has 92 valence electrons. The van der Waals surface area contributed by atoms with E-state index in [1.54, 1.807) is 18.4 Å². The highest BCUT2D eigenvalue weighted by Gasteiger charge is 2.28. The summed E-state index contributed by atoms with van der Waals surface area (Å²) >= 11 is 1.77. The van der Waals surface area contributed by atoms with Crippen molar-refractivity contribution in [2.75, 3.05) is 13.7 Å². The Morgan fingerprint density at radius 1 is 1.44 bits per heavy atom. The fourth-order valence-corrected chi connectivity index (χ4v) is 2.95. The van der Waals surface area contributed by atoms with E-state index in [9.17, 15) is 0 Å². The maximum absolute atomic E-state index is 5.41. The van der Waals surface area contributed by atoms with Gasteiger partial charge in [-0.05, 0) is 29.8 Å². The van der Waals surface area contributed by atoms with Gasteiger partial charge in [0.2, 0.25) is 0 Å². The lowest BCUT2D eigenvalue weighted by atomic mass is 9.85. The Hall–Kier alpha value is -0.540. The lowest BCUT2D eigenvalue weighted by Crippen LogP contribution is -2.32. The highest BCUT2D eigenvalue weighted by Crippen LogP contribution is 2.40. The molecule has 0 fully saturated rings. The molecule has 0 bridgehead atoms. The van der Waals surface area contributed by atoms with Crippen LogP contribution >= 0.6 is 11.3 Å². The first-order valence-corrected chi connectivity index (χ1v) is 6.73. The average Bonchev–Trinajstić information content (AvgIpc) is 2.64. The van der Waals surface area contributed by atoms with Crippen LogP contribution in [0.5, 0.6) is 5.75 Å². The average molecular weight is 241 g/mol. The van der Waals surface area contributed by atoms with Gasteiger partial charge in [-0.15, -0.1) is 11.3 Å². The van der Waals surface area contributed by atoms with Crippen molar-refractivity contribution in [2.45, 2.75) is 40.2 Å².